The zero-order chi connectivity index (χ0) is 13.3. The standard InChI is InChI=1S/C13H26N2O2Si/c1-4-10-16-18(3,17-11-5-2)12-6-8-15-9-7-14-13-15/h7,9,13H,4-6,8,10-12H2,1-3H3. The summed E-state index contributed by atoms with van der Waals surface area (Å²) in [6, 6.07) is 1.05. The molecule has 1 heterocycles. The average molecular weight is 270 g/mol. The largest absolute Gasteiger partial charge is 0.394 e. The molecule has 0 aliphatic rings. The van der Waals surface area contributed by atoms with Crippen LogP contribution in [0.25, 0.3) is 0 Å². The highest BCUT2D eigenvalue weighted by Gasteiger charge is 2.30. The second-order valence-electron chi connectivity index (χ2n) is 4.73. The molecule has 1 aromatic heterocycles. The molecule has 0 aromatic carbocycles. The first-order valence-corrected chi connectivity index (χ1v) is 9.46. The van der Waals surface area contributed by atoms with Gasteiger partial charge in [0.15, 0.2) is 0 Å². The van der Waals surface area contributed by atoms with Crippen LogP contribution in [0.5, 0.6) is 0 Å². The zero-order valence-corrected chi connectivity index (χ0v) is 12.9. The maximum atomic E-state index is 5.99. The van der Waals surface area contributed by atoms with Gasteiger partial charge in [-0.3, -0.25) is 0 Å². The van der Waals surface area contributed by atoms with Crippen LogP contribution >= 0.6 is 0 Å². The van der Waals surface area contributed by atoms with E-state index in [1.165, 1.54) is 0 Å². The van der Waals surface area contributed by atoms with Gasteiger partial charge in [-0.2, -0.15) is 0 Å². The third-order valence-corrected chi connectivity index (χ3v) is 5.72. The Morgan fingerprint density at radius 3 is 2.33 bits per heavy atom. The molecule has 0 aliphatic carbocycles. The van der Waals surface area contributed by atoms with Crippen molar-refractivity contribution in [1.29, 1.82) is 0 Å². The van der Waals surface area contributed by atoms with E-state index in [1.54, 1.807) is 0 Å². The monoisotopic (exact) mass is 270 g/mol. The van der Waals surface area contributed by atoms with E-state index in [2.05, 4.69) is 29.9 Å². The summed E-state index contributed by atoms with van der Waals surface area (Å²) in [6.45, 7) is 9.09. The summed E-state index contributed by atoms with van der Waals surface area (Å²) in [6.07, 6.45) is 8.88. The molecule has 4 nitrogen and oxygen atoms in total. The Kier molecular flexibility index (Phi) is 7.23. The first-order valence-electron chi connectivity index (χ1n) is 6.94. The maximum absolute atomic E-state index is 5.99. The van der Waals surface area contributed by atoms with Crippen molar-refractivity contribution < 1.29 is 8.85 Å². The lowest BCUT2D eigenvalue weighted by Crippen LogP contribution is -2.39. The molecule has 5 heteroatoms. The minimum Gasteiger partial charge on any atom is -0.394 e. The first kappa shape index (κ1) is 15.4. The Labute approximate surface area is 112 Å². The number of hydrogen-bond acceptors (Lipinski definition) is 3. The molecule has 0 spiro atoms. The van der Waals surface area contributed by atoms with E-state index in [0.717, 1.165) is 45.1 Å². The molecule has 18 heavy (non-hydrogen) atoms. The third kappa shape index (κ3) is 5.80. The normalized spacial score (nSPS) is 11.9. The zero-order valence-electron chi connectivity index (χ0n) is 11.9. The molecule has 0 aliphatic heterocycles. The first-order chi connectivity index (χ1) is 8.70. The molecule has 0 bridgehead atoms. The minimum absolute atomic E-state index is 0.817. The fourth-order valence-corrected chi connectivity index (χ4v) is 4.27. The number of aryl methyl sites for hydroxylation is 1. The lowest BCUT2D eigenvalue weighted by atomic mass is 10.5. The quantitative estimate of drug-likeness (QED) is 0.613. The number of rotatable bonds is 10. The van der Waals surface area contributed by atoms with E-state index in [1.807, 2.05) is 18.7 Å². The van der Waals surface area contributed by atoms with Crippen LogP contribution in [-0.2, 0) is 15.4 Å². The van der Waals surface area contributed by atoms with Crippen LogP contribution in [0.15, 0.2) is 18.7 Å². The lowest BCUT2D eigenvalue weighted by Gasteiger charge is -2.27. The van der Waals surface area contributed by atoms with E-state index in [4.69, 9.17) is 8.85 Å². The topological polar surface area (TPSA) is 36.3 Å². The van der Waals surface area contributed by atoms with Crippen molar-refractivity contribution in [3.05, 3.63) is 18.7 Å². The Bertz CT molecular complexity index is 296. The second-order valence-corrected chi connectivity index (χ2v) is 8.08. The van der Waals surface area contributed by atoms with Crippen LogP contribution in [0.1, 0.15) is 33.1 Å². The summed E-state index contributed by atoms with van der Waals surface area (Å²) >= 11 is 0. The average Bonchev–Trinajstić information content (AvgIpc) is 2.87. The van der Waals surface area contributed by atoms with Crippen LogP contribution in [0.3, 0.4) is 0 Å². The number of aromatic nitrogens is 2. The molecule has 1 aromatic rings. The van der Waals surface area contributed by atoms with Crippen molar-refractivity contribution in [2.24, 2.45) is 0 Å². The van der Waals surface area contributed by atoms with Crippen LogP contribution in [0.2, 0.25) is 12.6 Å². The highest BCUT2D eigenvalue weighted by molar-refractivity contribution is 6.66. The summed E-state index contributed by atoms with van der Waals surface area (Å²) in [7, 11) is -1.96. The summed E-state index contributed by atoms with van der Waals surface area (Å²) in [5.41, 5.74) is 0. The second kappa shape index (κ2) is 8.45. The highest BCUT2D eigenvalue weighted by atomic mass is 28.4. The molecule has 104 valence electrons. The van der Waals surface area contributed by atoms with E-state index in [9.17, 15) is 0 Å². The summed E-state index contributed by atoms with van der Waals surface area (Å²) < 4.78 is 14.1. The minimum atomic E-state index is -1.96. The molecule has 0 unspecified atom stereocenters. The Balaban J connectivity index is 2.34. The van der Waals surface area contributed by atoms with Crippen LogP contribution in [0, 0.1) is 0 Å². The van der Waals surface area contributed by atoms with Crippen molar-refractivity contribution in [3.8, 4) is 0 Å². The van der Waals surface area contributed by atoms with Gasteiger partial charge < -0.3 is 13.4 Å². The summed E-state index contributed by atoms with van der Waals surface area (Å²) in [5.74, 6) is 0. The van der Waals surface area contributed by atoms with Crippen molar-refractivity contribution in [1.82, 2.24) is 9.55 Å². The predicted octanol–water partition coefficient (Wildman–Crippen LogP) is 3.20. The highest BCUT2D eigenvalue weighted by Crippen LogP contribution is 2.17. The summed E-state index contributed by atoms with van der Waals surface area (Å²) in [5, 5.41) is 0. The molecule has 0 atom stereocenters. The van der Waals surface area contributed by atoms with Crippen molar-refractivity contribution >= 4 is 8.56 Å². The van der Waals surface area contributed by atoms with E-state index in [-0.39, 0.29) is 0 Å². The van der Waals surface area contributed by atoms with Gasteiger partial charge in [-0.1, -0.05) is 13.8 Å². The van der Waals surface area contributed by atoms with Gasteiger partial charge in [-0.25, -0.2) is 4.98 Å². The fourth-order valence-electron chi connectivity index (χ4n) is 1.82. The van der Waals surface area contributed by atoms with Crippen molar-refractivity contribution in [2.45, 2.75) is 52.2 Å². The molecule has 0 amide bonds. The van der Waals surface area contributed by atoms with E-state index >= 15 is 0 Å². The molecule has 1 rings (SSSR count). The van der Waals surface area contributed by atoms with Crippen LogP contribution < -0.4 is 0 Å². The molecule has 0 saturated carbocycles. The SMILES string of the molecule is CCCO[Si](C)(CCCn1ccnc1)OCCC. The third-order valence-electron chi connectivity index (χ3n) is 2.83. The molecular weight excluding hydrogens is 244 g/mol. The van der Waals surface area contributed by atoms with E-state index < -0.39 is 8.56 Å². The van der Waals surface area contributed by atoms with Crippen molar-refractivity contribution in [2.75, 3.05) is 13.2 Å². The van der Waals surface area contributed by atoms with Gasteiger partial charge in [-0.15, -0.1) is 0 Å². The lowest BCUT2D eigenvalue weighted by molar-refractivity contribution is 0.172. The number of hydrogen-bond donors (Lipinski definition) is 0. The number of nitrogens with zero attached hydrogens (tertiary/aromatic N) is 2. The van der Waals surface area contributed by atoms with Crippen LogP contribution in [0.4, 0.5) is 0 Å². The molecule has 0 fully saturated rings. The molecular formula is C13H26N2O2Si. The predicted molar refractivity (Wildman–Crippen MR) is 75.8 cm³/mol. The van der Waals surface area contributed by atoms with Gasteiger partial charge in [0.25, 0.3) is 0 Å². The van der Waals surface area contributed by atoms with Gasteiger partial charge in [0.1, 0.15) is 0 Å². The van der Waals surface area contributed by atoms with Gasteiger partial charge in [0, 0.05) is 32.2 Å². The van der Waals surface area contributed by atoms with E-state index in [0.29, 0.717) is 0 Å². The molecule has 0 radical (unpaired) electrons. The maximum Gasteiger partial charge on any atom is 0.334 e. The van der Waals surface area contributed by atoms with Crippen molar-refractivity contribution in [3.63, 3.8) is 0 Å². The number of imidazole rings is 1. The van der Waals surface area contributed by atoms with Gasteiger partial charge >= 0.3 is 8.56 Å². The Morgan fingerprint density at radius 2 is 1.83 bits per heavy atom. The molecule has 0 saturated heterocycles. The smallest absolute Gasteiger partial charge is 0.334 e. The van der Waals surface area contributed by atoms with Crippen LogP contribution in [-0.4, -0.2) is 31.3 Å². The summed E-state index contributed by atoms with van der Waals surface area (Å²) in [4.78, 5) is 4.05. The fraction of sp³-hybridized carbons (Fsp3) is 0.769. The molecule has 0 N–H and O–H groups in total. The van der Waals surface area contributed by atoms with Gasteiger partial charge in [-0.05, 0) is 31.9 Å². The Hall–Kier alpha value is -0.653. The Morgan fingerprint density at radius 1 is 1.17 bits per heavy atom. The van der Waals surface area contributed by atoms with Gasteiger partial charge in [0.2, 0.25) is 0 Å². The van der Waals surface area contributed by atoms with Gasteiger partial charge in [0.05, 0.1) is 6.33 Å².